The molecule has 0 saturated heterocycles. The van der Waals surface area contributed by atoms with E-state index in [9.17, 15) is 28.4 Å². The molecule has 2 N–H and O–H groups in total. The molecule has 0 aliphatic heterocycles. The summed E-state index contributed by atoms with van der Waals surface area (Å²) >= 11 is 0. The van der Waals surface area contributed by atoms with Gasteiger partial charge in [0.2, 0.25) is 5.91 Å². The van der Waals surface area contributed by atoms with Gasteiger partial charge in [-0.1, -0.05) is 13.8 Å². The number of nitrogens with one attached hydrogen (secondary N) is 1. The maximum absolute atomic E-state index is 12.3. The van der Waals surface area contributed by atoms with Crippen molar-refractivity contribution in [3.8, 4) is 5.75 Å². The number of rotatable bonds is 7. The zero-order valence-corrected chi connectivity index (χ0v) is 14.9. The SMILES string of the molecule is CCS(=O)(=O)c1ccc(O)c(NC(=O)C(C)Cn2cc([N+](=O)[O-])cn2)c1. The molecular formula is C15H18N4O6S. The number of aromatic nitrogens is 2. The minimum absolute atomic E-state index is 0.0107. The van der Waals surface area contributed by atoms with E-state index in [0.717, 1.165) is 6.20 Å². The number of carbonyl (C=O) groups is 1. The van der Waals surface area contributed by atoms with Crippen LogP contribution in [-0.2, 0) is 21.2 Å². The number of sulfone groups is 1. The number of amides is 1. The Balaban J connectivity index is 2.13. The number of hydrogen-bond acceptors (Lipinski definition) is 7. The first-order chi connectivity index (χ1) is 12.1. The van der Waals surface area contributed by atoms with Gasteiger partial charge in [-0.05, 0) is 18.2 Å². The van der Waals surface area contributed by atoms with E-state index in [0.29, 0.717) is 0 Å². The van der Waals surface area contributed by atoms with Crippen LogP contribution in [0.3, 0.4) is 0 Å². The number of anilines is 1. The third kappa shape index (κ3) is 4.36. The van der Waals surface area contributed by atoms with Gasteiger partial charge >= 0.3 is 5.69 Å². The molecule has 1 amide bonds. The molecule has 0 aliphatic rings. The topological polar surface area (TPSA) is 144 Å². The van der Waals surface area contributed by atoms with E-state index in [2.05, 4.69) is 10.4 Å². The van der Waals surface area contributed by atoms with E-state index < -0.39 is 26.6 Å². The van der Waals surface area contributed by atoms with Crippen LogP contribution in [0.2, 0.25) is 0 Å². The molecule has 26 heavy (non-hydrogen) atoms. The van der Waals surface area contributed by atoms with Crippen molar-refractivity contribution in [2.75, 3.05) is 11.1 Å². The van der Waals surface area contributed by atoms with E-state index in [4.69, 9.17) is 0 Å². The van der Waals surface area contributed by atoms with E-state index >= 15 is 0 Å². The second-order valence-electron chi connectivity index (χ2n) is 5.65. The Morgan fingerprint density at radius 3 is 2.73 bits per heavy atom. The average molecular weight is 382 g/mol. The molecule has 1 aromatic heterocycles. The van der Waals surface area contributed by atoms with Gasteiger partial charge in [0.25, 0.3) is 0 Å². The highest BCUT2D eigenvalue weighted by Crippen LogP contribution is 2.27. The van der Waals surface area contributed by atoms with Crippen molar-refractivity contribution in [3.05, 3.63) is 40.7 Å². The molecule has 1 unspecified atom stereocenters. The van der Waals surface area contributed by atoms with Crippen molar-refractivity contribution >= 4 is 27.1 Å². The number of aromatic hydroxyl groups is 1. The number of benzene rings is 1. The summed E-state index contributed by atoms with van der Waals surface area (Å²) in [6.45, 7) is 3.14. The van der Waals surface area contributed by atoms with Crippen LogP contribution in [0, 0.1) is 16.0 Å². The highest BCUT2D eigenvalue weighted by molar-refractivity contribution is 7.91. The molecule has 0 bridgehead atoms. The van der Waals surface area contributed by atoms with Crippen molar-refractivity contribution in [1.82, 2.24) is 9.78 Å². The van der Waals surface area contributed by atoms with Gasteiger partial charge in [-0.25, -0.2) is 8.42 Å². The molecule has 140 valence electrons. The lowest BCUT2D eigenvalue weighted by molar-refractivity contribution is -0.385. The van der Waals surface area contributed by atoms with E-state index in [1.165, 1.54) is 36.0 Å². The van der Waals surface area contributed by atoms with Gasteiger partial charge in [0.1, 0.15) is 18.1 Å². The quantitative estimate of drug-likeness (QED) is 0.420. The largest absolute Gasteiger partial charge is 0.506 e. The molecule has 10 nitrogen and oxygen atoms in total. The highest BCUT2D eigenvalue weighted by atomic mass is 32.2. The van der Waals surface area contributed by atoms with Crippen LogP contribution in [0.25, 0.3) is 0 Å². The Hall–Kier alpha value is -2.95. The third-order valence-electron chi connectivity index (χ3n) is 3.70. The van der Waals surface area contributed by atoms with Gasteiger partial charge < -0.3 is 10.4 Å². The minimum Gasteiger partial charge on any atom is -0.506 e. The van der Waals surface area contributed by atoms with E-state index in [1.807, 2.05) is 0 Å². The van der Waals surface area contributed by atoms with Crippen LogP contribution in [0.1, 0.15) is 13.8 Å². The predicted octanol–water partition coefficient (Wildman–Crippen LogP) is 1.57. The molecule has 1 atom stereocenters. The molecule has 0 fully saturated rings. The van der Waals surface area contributed by atoms with Crippen LogP contribution in [0.4, 0.5) is 11.4 Å². The van der Waals surface area contributed by atoms with Crippen LogP contribution < -0.4 is 5.32 Å². The summed E-state index contributed by atoms with van der Waals surface area (Å²) in [5.74, 6) is -1.51. The van der Waals surface area contributed by atoms with Crippen LogP contribution in [0.15, 0.2) is 35.5 Å². The van der Waals surface area contributed by atoms with Crippen molar-refractivity contribution in [2.45, 2.75) is 25.3 Å². The molecule has 2 rings (SSSR count). The number of nitro groups is 1. The summed E-state index contributed by atoms with van der Waals surface area (Å²) < 4.78 is 25.1. The van der Waals surface area contributed by atoms with Crippen molar-refractivity contribution in [1.29, 1.82) is 0 Å². The summed E-state index contributed by atoms with van der Waals surface area (Å²) in [5.41, 5.74) is -0.212. The fourth-order valence-electron chi connectivity index (χ4n) is 2.14. The van der Waals surface area contributed by atoms with Crippen molar-refractivity contribution in [2.24, 2.45) is 5.92 Å². The van der Waals surface area contributed by atoms with Gasteiger partial charge in [-0.15, -0.1) is 0 Å². The van der Waals surface area contributed by atoms with Crippen LogP contribution in [-0.4, -0.2) is 39.9 Å². The molecule has 0 spiro atoms. The van der Waals surface area contributed by atoms with Crippen molar-refractivity contribution < 1.29 is 23.2 Å². The maximum atomic E-state index is 12.3. The van der Waals surface area contributed by atoms with E-state index in [-0.39, 0.29) is 34.3 Å². The summed E-state index contributed by atoms with van der Waals surface area (Å²) in [6.07, 6.45) is 2.28. The predicted molar refractivity (Wildman–Crippen MR) is 92.5 cm³/mol. The average Bonchev–Trinajstić information content (AvgIpc) is 3.05. The first kappa shape index (κ1) is 19.4. The standard InChI is InChI=1S/C15H18N4O6S/c1-3-26(24,25)12-4-5-14(20)13(6-12)17-15(21)10(2)8-18-9-11(7-16-18)19(22)23/h4-7,9-10,20H,3,8H2,1-2H3,(H,17,21). The van der Waals surface area contributed by atoms with Crippen molar-refractivity contribution in [3.63, 3.8) is 0 Å². The fraction of sp³-hybridized carbons (Fsp3) is 0.333. The van der Waals surface area contributed by atoms with Gasteiger partial charge in [-0.3, -0.25) is 19.6 Å². The third-order valence-corrected chi connectivity index (χ3v) is 5.44. The van der Waals surface area contributed by atoms with Crippen LogP contribution in [0.5, 0.6) is 5.75 Å². The zero-order valence-electron chi connectivity index (χ0n) is 14.1. The summed E-state index contributed by atoms with van der Waals surface area (Å²) in [5, 5.41) is 26.8. The Labute approximate surface area is 149 Å². The fourth-order valence-corrected chi connectivity index (χ4v) is 3.05. The number of hydrogen-bond donors (Lipinski definition) is 2. The number of phenolic OH excluding ortho intramolecular Hbond substituents is 1. The Kier molecular flexibility index (Phi) is 5.60. The smallest absolute Gasteiger partial charge is 0.306 e. The Morgan fingerprint density at radius 2 is 2.15 bits per heavy atom. The lowest BCUT2D eigenvalue weighted by Crippen LogP contribution is -2.24. The molecule has 1 aromatic carbocycles. The molecule has 1 heterocycles. The molecule has 11 heteroatoms. The van der Waals surface area contributed by atoms with E-state index in [1.54, 1.807) is 6.92 Å². The van der Waals surface area contributed by atoms with Gasteiger partial charge in [0.15, 0.2) is 9.84 Å². The first-order valence-electron chi connectivity index (χ1n) is 7.67. The normalized spacial score (nSPS) is 12.5. The monoisotopic (exact) mass is 382 g/mol. The Morgan fingerprint density at radius 1 is 1.46 bits per heavy atom. The van der Waals surface area contributed by atoms with Gasteiger partial charge in [-0.2, -0.15) is 5.10 Å². The van der Waals surface area contributed by atoms with Crippen LogP contribution >= 0.6 is 0 Å². The van der Waals surface area contributed by atoms with Gasteiger partial charge in [0, 0.05) is 0 Å². The zero-order chi connectivity index (χ0) is 19.5. The second kappa shape index (κ2) is 7.52. The molecule has 0 aliphatic carbocycles. The lowest BCUT2D eigenvalue weighted by atomic mass is 10.1. The van der Waals surface area contributed by atoms with Gasteiger partial charge in [0.05, 0.1) is 33.7 Å². The molecule has 2 aromatic rings. The summed E-state index contributed by atoms with van der Waals surface area (Å²) in [7, 11) is -3.49. The molecular weight excluding hydrogens is 364 g/mol. The summed E-state index contributed by atoms with van der Waals surface area (Å²) in [4.78, 5) is 22.3. The Bertz CT molecular complexity index is 937. The number of carbonyl (C=O) groups excluding carboxylic acids is 1. The number of phenols is 1. The minimum atomic E-state index is -3.49. The first-order valence-corrected chi connectivity index (χ1v) is 9.32. The second-order valence-corrected chi connectivity index (χ2v) is 7.93. The maximum Gasteiger partial charge on any atom is 0.306 e. The summed E-state index contributed by atoms with van der Waals surface area (Å²) in [6, 6.07) is 3.65. The number of nitrogens with zero attached hydrogens (tertiary/aromatic N) is 3. The lowest BCUT2D eigenvalue weighted by Gasteiger charge is -2.14. The highest BCUT2D eigenvalue weighted by Gasteiger charge is 2.19. The molecule has 0 radical (unpaired) electrons. The molecule has 0 saturated carbocycles.